The fourth-order valence-corrected chi connectivity index (χ4v) is 3.49. The Morgan fingerprint density at radius 2 is 1.65 bits per heavy atom. The fraction of sp³-hybridized carbons (Fsp3) is 0.194. The predicted molar refractivity (Wildman–Crippen MR) is 153 cm³/mol. The summed E-state index contributed by atoms with van der Waals surface area (Å²) in [6, 6.07) is 20.1. The van der Waals surface area contributed by atoms with Gasteiger partial charge >= 0.3 is 0 Å². The third kappa shape index (κ3) is 9.33. The van der Waals surface area contributed by atoms with Gasteiger partial charge in [-0.2, -0.15) is 0 Å². The van der Waals surface area contributed by atoms with E-state index in [0.29, 0.717) is 5.92 Å². The zero-order valence-electron chi connectivity index (χ0n) is 20.8. The number of anilines is 1. The monoisotopic (exact) mass is 453 g/mol. The largest absolute Gasteiger partial charge is 0.371 e. The van der Waals surface area contributed by atoms with Crippen molar-refractivity contribution in [3.05, 3.63) is 134 Å². The smallest absolute Gasteiger partial charge is 0.0387 e. The minimum absolute atomic E-state index is 0.385. The van der Waals surface area contributed by atoms with Crippen LogP contribution in [0.25, 0.3) is 5.57 Å². The van der Waals surface area contributed by atoms with Crippen molar-refractivity contribution in [2.45, 2.75) is 20.3 Å². The molecule has 1 fully saturated rings. The highest BCUT2D eigenvalue weighted by Gasteiger charge is 2.25. The van der Waals surface area contributed by atoms with Gasteiger partial charge in [-0.05, 0) is 48.6 Å². The molecule has 1 saturated heterocycles. The maximum absolute atomic E-state index is 4.26. The van der Waals surface area contributed by atoms with Crippen LogP contribution in [0.5, 0.6) is 0 Å². The van der Waals surface area contributed by atoms with E-state index in [0.717, 1.165) is 47.7 Å². The Balaban J connectivity index is 0.000000615. The second kappa shape index (κ2) is 16.7. The first-order chi connectivity index (χ1) is 16.6. The zero-order valence-corrected chi connectivity index (χ0v) is 20.8. The van der Waals surface area contributed by atoms with Crippen molar-refractivity contribution in [2.75, 3.05) is 18.4 Å². The number of allylic oxidation sites excluding steroid dienone is 5. The minimum atomic E-state index is 0.385. The molecule has 1 aliphatic rings. The first kappa shape index (κ1) is 28.2. The molecule has 0 aliphatic carbocycles. The summed E-state index contributed by atoms with van der Waals surface area (Å²) in [5.41, 5.74) is 5.12. The highest BCUT2D eigenvalue weighted by Crippen LogP contribution is 2.28. The standard InChI is InChI=1S/C23H27N3.C6H6.C2H6/c1-6-10-23(8-3)26-14-13-21(17-26)18(4)25-22-12-9-11-20(15-22)19(7-2)16-24-5;1-2-4-6-5-3-1;1-2/h6-12,15-16,21,25H,1-5,13-14,17H2;1-6H;1-2H3/b19-16+,23-10+;;. The third-order valence-corrected chi connectivity index (χ3v) is 5.16. The number of hydrogen-bond donors (Lipinski definition) is 1. The predicted octanol–water partition coefficient (Wildman–Crippen LogP) is 8.13. The number of likely N-dealkylation sites (tertiary alicyclic amines) is 1. The van der Waals surface area contributed by atoms with E-state index in [1.54, 1.807) is 18.4 Å². The van der Waals surface area contributed by atoms with E-state index in [2.05, 4.69) is 54.3 Å². The first-order valence-corrected chi connectivity index (χ1v) is 11.7. The first-order valence-electron chi connectivity index (χ1n) is 11.7. The molecule has 178 valence electrons. The van der Waals surface area contributed by atoms with Crippen LogP contribution in [-0.2, 0) is 0 Å². The summed E-state index contributed by atoms with van der Waals surface area (Å²) in [4.78, 5) is 6.15. The average Bonchev–Trinajstić information content (AvgIpc) is 3.39. The van der Waals surface area contributed by atoms with Gasteiger partial charge in [0.1, 0.15) is 0 Å². The number of benzene rings is 2. The Kier molecular flexibility index (Phi) is 13.9. The van der Waals surface area contributed by atoms with E-state index < -0.39 is 0 Å². The molecule has 34 heavy (non-hydrogen) atoms. The van der Waals surface area contributed by atoms with E-state index in [1.807, 2.05) is 80.6 Å². The quantitative estimate of drug-likeness (QED) is 0.306. The van der Waals surface area contributed by atoms with Crippen molar-refractivity contribution in [3.63, 3.8) is 0 Å². The molecule has 1 heterocycles. The van der Waals surface area contributed by atoms with Gasteiger partial charge in [0.05, 0.1) is 0 Å². The minimum Gasteiger partial charge on any atom is -0.371 e. The van der Waals surface area contributed by atoms with Gasteiger partial charge < -0.3 is 10.2 Å². The highest BCUT2D eigenvalue weighted by atomic mass is 15.2. The van der Waals surface area contributed by atoms with Crippen molar-refractivity contribution in [2.24, 2.45) is 10.9 Å². The van der Waals surface area contributed by atoms with E-state index in [-0.39, 0.29) is 0 Å². The number of nitrogens with one attached hydrogen (secondary N) is 1. The van der Waals surface area contributed by atoms with E-state index >= 15 is 0 Å². The summed E-state index contributed by atoms with van der Waals surface area (Å²) >= 11 is 0. The van der Waals surface area contributed by atoms with Crippen molar-refractivity contribution < 1.29 is 0 Å². The SMILES string of the molecule is C=C/C=C(\C=C)N1CCC(C(=C)Nc2cccc(/C(C=C)=C/N=C)c2)C1.CC.c1ccccc1. The third-order valence-electron chi connectivity index (χ3n) is 5.16. The molecule has 1 atom stereocenters. The zero-order chi connectivity index (χ0) is 25.2. The Labute approximate surface area is 206 Å². The molecule has 0 radical (unpaired) electrons. The van der Waals surface area contributed by atoms with Crippen LogP contribution in [-0.4, -0.2) is 24.7 Å². The van der Waals surface area contributed by atoms with Crippen molar-refractivity contribution >= 4 is 18.0 Å². The lowest BCUT2D eigenvalue weighted by Gasteiger charge is -2.21. The van der Waals surface area contributed by atoms with Crippen LogP contribution < -0.4 is 5.32 Å². The van der Waals surface area contributed by atoms with Crippen LogP contribution in [0, 0.1) is 5.92 Å². The van der Waals surface area contributed by atoms with Crippen LogP contribution in [0.15, 0.2) is 134 Å². The summed E-state index contributed by atoms with van der Waals surface area (Å²) in [7, 11) is 0. The second-order valence-corrected chi connectivity index (χ2v) is 7.32. The van der Waals surface area contributed by atoms with Crippen LogP contribution in [0.1, 0.15) is 25.8 Å². The van der Waals surface area contributed by atoms with Gasteiger partial charge in [0.25, 0.3) is 0 Å². The van der Waals surface area contributed by atoms with Gasteiger partial charge in [0.15, 0.2) is 0 Å². The Hall–Kier alpha value is -3.85. The number of aliphatic imine (C=N–C) groups is 1. The average molecular weight is 454 g/mol. The lowest BCUT2D eigenvalue weighted by atomic mass is 10.0. The van der Waals surface area contributed by atoms with Crippen molar-refractivity contribution in [3.8, 4) is 0 Å². The molecule has 0 bridgehead atoms. The molecule has 2 aromatic carbocycles. The molecule has 1 N–H and O–H groups in total. The second-order valence-electron chi connectivity index (χ2n) is 7.32. The molecule has 3 nitrogen and oxygen atoms in total. The van der Waals surface area contributed by atoms with Crippen LogP contribution in [0.3, 0.4) is 0 Å². The highest BCUT2D eigenvalue weighted by molar-refractivity contribution is 5.76. The molecular weight excluding hydrogens is 414 g/mol. The maximum atomic E-state index is 4.26. The van der Waals surface area contributed by atoms with E-state index in [4.69, 9.17) is 0 Å². The summed E-state index contributed by atoms with van der Waals surface area (Å²) in [6.45, 7) is 25.2. The van der Waals surface area contributed by atoms with Crippen molar-refractivity contribution in [1.82, 2.24) is 4.90 Å². The molecule has 3 heteroatoms. The number of nitrogens with zero attached hydrogens (tertiary/aromatic N) is 2. The molecule has 2 aromatic rings. The lowest BCUT2D eigenvalue weighted by molar-refractivity contribution is 0.427. The van der Waals surface area contributed by atoms with Gasteiger partial charge in [0, 0.05) is 42.3 Å². The molecule has 3 rings (SSSR count). The Morgan fingerprint density at radius 1 is 1.00 bits per heavy atom. The maximum Gasteiger partial charge on any atom is 0.0387 e. The van der Waals surface area contributed by atoms with Crippen LogP contribution >= 0.6 is 0 Å². The van der Waals surface area contributed by atoms with Gasteiger partial charge in [-0.1, -0.05) is 101 Å². The molecule has 1 aliphatic heterocycles. The Bertz CT molecular complexity index is 956. The summed E-state index contributed by atoms with van der Waals surface area (Å²) < 4.78 is 0. The number of hydrogen-bond acceptors (Lipinski definition) is 3. The topological polar surface area (TPSA) is 27.6 Å². The molecule has 0 saturated carbocycles. The van der Waals surface area contributed by atoms with Gasteiger partial charge in [-0.15, -0.1) is 0 Å². The fourth-order valence-electron chi connectivity index (χ4n) is 3.49. The van der Waals surface area contributed by atoms with Crippen LogP contribution in [0.4, 0.5) is 5.69 Å². The van der Waals surface area contributed by atoms with Crippen molar-refractivity contribution in [1.29, 1.82) is 0 Å². The summed E-state index contributed by atoms with van der Waals surface area (Å²) in [5, 5.41) is 3.46. The molecule has 1 unspecified atom stereocenters. The summed E-state index contributed by atoms with van der Waals surface area (Å²) in [5.74, 6) is 0.385. The van der Waals surface area contributed by atoms with Gasteiger partial charge in [-0.3, -0.25) is 4.99 Å². The Morgan fingerprint density at radius 3 is 2.18 bits per heavy atom. The number of rotatable bonds is 9. The molecule has 0 aromatic heterocycles. The van der Waals surface area contributed by atoms with E-state index in [9.17, 15) is 0 Å². The lowest BCUT2D eigenvalue weighted by Crippen LogP contribution is -2.20. The molecular formula is C31H39N3. The molecule has 0 amide bonds. The normalized spacial score (nSPS) is 15.0. The van der Waals surface area contributed by atoms with Gasteiger partial charge in [-0.25, -0.2) is 0 Å². The summed E-state index contributed by atoms with van der Waals surface area (Å²) in [6.07, 6.45) is 10.2. The molecule has 0 spiro atoms. The van der Waals surface area contributed by atoms with Crippen LogP contribution in [0.2, 0.25) is 0 Å². The van der Waals surface area contributed by atoms with E-state index in [1.165, 1.54) is 0 Å². The van der Waals surface area contributed by atoms with Gasteiger partial charge in [0.2, 0.25) is 0 Å².